The van der Waals surface area contributed by atoms with Crippen LogP contribution in [0.5, 0.6) is 0 Å². The molecule has 1 N–H and O–H groups in total. The lowest BCUT2D eigenvalue weighted by atomic mass is 10.2. The standard InChI is InChI=1S/C15H22N4/c1-18(2)15(19(3)4)16-10-9-13-11-12-7-5-6-8-14(12)17-13/h5-8,11,17H,9-10H2,1-4H3. The van der Waals surface area contributed by atoms with Crippen molar-refractivity contribution in [2.75, 3.05) is 34.7 Å². The second kappa shape index (κ2) is 5.78. The lowest BCUT2D eigenvalue weighted by Crippen LogP contribution is -2.35. The van der Waals surface area contributed by atoms with Crippen molar-refractivity contribution < 1.29 is 0 Å². The van der Waals surface area contributed by atoms with Crippen molar-refractivity contribution >= 4 is 16.9 Å². The van der Waals surface area contributed by atoms with E-state index in [0.29, 0.717) is 0 Å². The molecule has 4 nitrogen and oxygen atoms in total. The lowest BCUT2D eigenvalue weighted by molar-refractivity contribution is 0.479. The van der Waals surface area contributed by atoms with Gasteiger partial charge < -0.3 is 14.8 Å². The molecule has 0 saturated carbocycles. The molecule has 0 bridgehead atoms. The molecule has 0 unspecified atom stereocenters. The zero-order chi connectivity index (χ0) is 13.8. The number of rotatable bonds is 3. The molecule has 1 heterocycles. The third kappa shape index (κ3) is 3.28. The number of benzene rings is 1. The van der Waals surface area contributed by atoms with Crippen molar-refractivity contribution in [3.05, 3.63) is 36.0 Å². The molecule has 19 heavy (non-hydrogen) atoms. The van der Waals surface area contributed by atoms with Crippen LogP contribution in [0.4, 0.5) is 0 Å². The number of hydrogen-bond acceptors (Lipinski definition) is 1. The van der Waals surface area contributed by atoms with Crippen molar-refractivity contribution in [1.82, 2.24) is 14.8 Å². The first kappa shape index (κ1) is 13.5. The minimum absolute atomic E-state index is 0.790. The van der Waals surface area contributed by atoms with Crippen LogP contribution in [-0.2, 0) is 6.42 Å². The number of fused-ring (bicyclic) bond motifs is 1. The highest BCUT2D eigenvalue weighted by molar-refractivity contribution is 5.80. The molecule has 1 aromatic carbocycles. The van der Waals surface area contributed by atoms with Gasteiger partial charge in [0.1, 0.15) is 0 Å². The van der Waals surface area contributed by atoms with Crippen LogP contribution in [0.1, 0.15) is 5.69 Å². The van der Waals surface area contributed by atoms with Crippen LogP contribution in [0.15, 0.2) is 35.3 Å². The predicted octanol–water partition coefficient (Wildman–Crippen LogP) is 2.19. The molecule has 2 rings (SSSR count). The molecule has 0 saturated heterocycles. The Morgan fingerprint density at radius 1 is 1.11 bits per heavy atom. The lowest BCUT2D eigenvalue weighted by Gasteiger charge is -2.22. The van der Waals surface area contributed by atoms with E-state index in [-0.39, 0.29) is 0 Å². The van der Waals surface area contributed by atoms with Gasteiger partial charge in [-0.25, -0.2) is 0 Å². The fourth-order valence-corrected chi connectivity index (χ4v) is 2.23. The van der Waals surface area contributed by atoms with E-state index in [1.165, 1.54) is 16.6 Å². The monoisotopic (exact) mass is 258 g/mol. The van der Waals surface area contributed by atoms with Crippen LogP contribution in [0, 0.1) is 0 Å². The molecule has 102 valence electrons. The maximum absolute atomic E-state index is 4.64. The molecule has 0 spiro atoms. The molecular weight excluding hydrogens is 236 g/mol. The summed E-state index contributed by atoms with van der Waals surface area (Å²) in [7, 11) is 8.06. The molecule has 0 atom stereocenters. The molecule has 0 aliphatic rings. The van der Waals surface area contributed by atoms with E-state index in [2.05, 4.69) is 40.3 Å². The van der Waals surface area contributed by atoms with Gasteiger partial charge in [0.25, 0.3) is 0 Å². The minimum Gasteiger partial charge on any atom is -0.358 e. The Labute approximate surface area is 114 Å². The zero-order valence-electron chi connectivity index (χ0n) is 12.1. The Kier molecular flexibility index (Phi) is 4.10. The van der Waals surface area contributed by atoms with Crippen LogP contribution in [0.2, 0.25) is 0 Å². The third-order valence-corrected chi connectivity index (χ3v) is 3.02. The van der Waals surface area contributed by atoms with Gasteiger partial charge in [-0.15, -0.1) is 0 Å². The summed E-state index contributed by atoms with van der Waals surface area (Å²) in [4.78, 5) is 12.1. The van der Waals surface area contributed by atoms with E-state index in [9.17, 15) is 0 Å². The topological polar surface area (TPSA) is 34.6 Å². The number of hydrogen-bond donors (Lipinski definition) is 1. The summed E-state index contributed by atoms with van der Waals surface area (Å²) in [5.41, 5.74) is 2.43. The van der Waals surface area contributed by atoms with Gasteiger partial charge in [0, 0.05) is 52.4 Å². The molecule has 0 aliphatic carbocycles. The van der Waals surface area contributed by atoms with Crippen LogP contribution < -0.4 is 0 Å². The summed E-state index contributed by atoms with van der Waals surface area (Å²) in [6.45, 7) is 0.790. The second-order valence-electron chi connectivity index (χ2n) is 5.10. The maximum atomic E-state index is 4.64. The highest BCUT2D eigenvalue weighted by atomic mass is 15.3. The number of aliphatic imine (C=N–C) groups is 1. The third-order valence-electron chi connectivity index (χ3n) is 3.02. The van der Waals surface area contributed by atoms with Gasteiger partial charge in [-0.05, 0) is 17.5 Å². The van der Waals surface area contributed by atoms with Crippen LogP contribution in [-0.4, -0.2) is 55.5 Å². The highest BCUT2D eigenvalue weighted by Crippen LogP contribution is 2.14. The number of guanidine groups is 1. The van der Waals surface area contributed by atoms with E-state index in [0.717, 1.165) is 18.9 Å². The number of H-pyrrole nitrogens is 1. The Morgan fingerprint density at radius 2 is 1.79 bits per heavy atom. The first-order valence-corrected chi connectivity index (χ1v) is 6.53. The minimum atomic E-state index is 0.790. The number of para-hydroxylation sites is 1. The summed E-state index contributed by atoms with van der Waals surface area (Å²) in [6, 6.07) is 10.6. The van der Waals surface area contributed by atoms with Crippen molar-refractivity contribution in [2.45, 2.75) is 6.42 Å². The maximum Gasteiger partial charge on any atom is 0.195 e. The van der Waals surface area contributed by atoms with E-state index in [4.69, 9.17) is 0 Å². The van der Waals surface area contributed by atoms with Gasteiger partial charge >= 0.3 is 0 Å². The molecule has 0 fully saturated rings. The largest absolute Gasteiger partial charge is 0.358 e. The fraction of sp³-hybridized carbons (Fsp3) is 0.400. The summed E-state index contributed by atoms with van der Waals surface area (Å²) in [6.07, 6.45) is 0.930. The van der Waals surface area contributed by atoms with Crippen LogP contribution >= 0.6 is 0 Å². The summed E-state index contributed by atoms with van der Waals surface area (Å²) < 4.78 is 0. The number of aromatic amines is 1. The summed E-state index contributed by atoms with van der Waals surface area (Å²) in [5, 5.41) is 1.27. The fourth-order valence-electron chi connectivity index (χ4n) is 2.23. The van der Waals surface area contributed by atoms with Crippen molar-refractivity contribution in [2.24, 2.45) is 4.99 Å². The van der Waals surface area contributed by atoms with Crippen molar-refractivity contribution in [3.63, 3.8) is 0 Å². The smallest absolute Gasteiger partial charge is 0.195 e. The number of nitrogens with one attached hydrogen (secondary N) is 1. The Hall–Kier alpha value is -1.97. The molecule has 0 amide bonds. The number of aromatic nitrogens is 1. The van der Waals surface area contributed by atoms with Gasteiger partial charge in [-0.1, -0.05) is 18.2 Å². The quantitative estimate of drug-likeness (QED) is 0.676. The van der Waals surface area contributed by atoms with Gasteiger partial charge in [-0.2, -0.15) is 0 Å². The first-order valence-electron chi connectivity index (χ1n) is 6.53. The van der Waals surface area contributed by atoms with Crippen molar-refractivity contribution in [3.8, 4) is 0 Å². The van der Waals surface area contributed by atoms with Crippen LogP contribution in [0.3, 0.4) is 0 Å². The average molecular weight is 258 g/mol. The normalized spacial score (nSPS) is 10.5. The highest BCUT2D eigenvalue weighted by Gasteiger charge is 2.04. The van der Waals surface area contributed by atoms with E-state index in [1.807, 2.05) is 38.0 Å². The molecule has 0 radical (unpaired) electrons. The molecule has 1 aromatic heterocycles. The van der Waals surface area contributed by atoms with Crippen molar-refractivity contribution in [1.29, 1.82) is 0 Å². The van der Waals surface area contributed by atoms with Gasteiger partial charge in [0.2, 0.25) is 0 Å². The van der Waals surface area contributed by atoms with E-state index >= 15 is 0 Å². The van der Waals surface area contributed by atoms with E-state index < -0.39 is 0 Å². The van der Waals surface area contributed by atoms with Gasteiger partial charge in [0.15, 0.2) is 5.96 Å². The second-order valence-corrected chi connectivity index (χ2v) is 5.10. The van der Waals surface area contributed by atoms with Crippen LogP contribution in [0.25, 0.3) is 10.9 Å². The van der Waals surface area contributed by atoms with Gasteiger partial charge in [0.05, 0.1) is 0 Å². The zero-order valence-corrected chi connectivity index (χ0v) is 12.1. The molecule has 4 heteroatoms. The summed E-state index contributed by atoms with van der Waals surface area (Å²) in [5.74, 6) is 0.996. The first-order chi connectivity index (χ1) is 9.08. The summed E-state index contributed by atoms with van der Waals surface area (Å²) >= 11 is 0. The van der Waals surface area contributed by atoms with E-state index in [1.54, 1.807) is 0 Å². The Bertz CT molecular complexity index is 523. The Balaban J connectivity index is 2.04. The van der Waals surface area contributed by atoms with Gasteiger partial charge in [-0.3, -0.25) is 4.99 Å². The predicted molar refractivity (Wildman–Crippen MR) is 81.7 cm³/mol. The average Bonchev–Trinajstić information content (AvgIpc) is 2.76. The Morgan fingerprint density at radius 3 is 2.42 bits per heavy atom. The number of nitrogens with zero attached hydrogens (tertiary/aromatic N) is 3. The molecule has 0 aliphatic heterocycles. The SMILES string of the molecule is CN(C)C(=NCCc1cc2ccccc2[nH]1)N(C)C. The molecular formula is C15H22N4. The molecule has 2 aromatic rings.